The highest BCUT2D eigenvalue weighted by molar-refractivity contribution is 5.71. The second kappa shape index (κ2) is 7.85. The number of carbonyl (C=O) groups excluding carboxylic acids is 1. The first-order valence-electron chi connectivity index (χ1n) is 7.90. The lowest BCUT2D eigenvalue weighted by Gasteiger charge is -2.29. The van der Waals surface area contributed by atoms with Gasteiger partial charge in [0.25, 0.3) is 0 Å². The Balaban J connectivity index is 1.70. The Morgan fingerprint density at radius 2 is 2.16 bits per heavy atom. The molecule has 1 heterocycles. The number of esters is 1. The van der Waals surface area contributed by atoms with E-state index >= 15 is 0 Å². The Morgan fingerprint density at radius 3 is 3.00 bits per heavy atom. The van der Waals surface area contributed by atoms with Gasteiger partial charge in [-0.15, -0.1) is 0 Å². The number of nitrogens with zero attached hydrogens (tertiary/aromatic N) is 1. The van der Waals surface area contributed by atoms with Crippen molar-refractivity contribution < 1.29 is 9.53 Å². The third-order valence-electron chi connectivity index (χ3n) is 4.40. The van der Waals surface area contributed by atoms with Crippen LogP contribution in [0.25, 0.3) is 0 Å². The highest BCUT2D eigenvalue weighted by Crippen LogP contribution is 2.28. The molecule has 0 aromatic heterocycles. The summed E-state index contributed by atoms with van der Waals surface area (Å²) in [4.78, 5) is 14.2. The molecule has 2 fully saturated rings. The van der Waals surface area contributed by atoms with Gasteiger partial charge in [0, 0.05) is 13.1 Å². The zero-order valence-electron chi connectivity index (χ0n) is 12.2. The second-order valence-corrected chi connectivity index (χ2v) is 5.93. The van der Waals surface area contributed by atoms with Crippen molar-refractivity contribution in [2.75, 3.05) is 32.7 Å². The number of rotatable bonds is 4. The van der Waals surface area contributed by atoms with E-state index < -0.39 is 0 Å². The zero-order valence-corrected chi connectivity index (χ0v) is 12.2. The molecule has 4 nitrogen and oxygen atoms in total. The van der Waals surface area contributed by atoms with Crippen molar-refractivity contribution in [1.82, 2.24) is 10.2 Å². The van der Waals surface area contributed by atoms with Crippen molar-refractivity contribution in [2.24, 2.45) is 5.92 Å². The molecule has 1 saturated carbocycles. The van der Waals surface area contributed by atoms with Crippen molar-refractivity contribution in [2.45, 2.75) is 51.6 Å². The lowest BCUT2D eigenvalue weighted by atomic mass is 9.85. The molecule has 0 aromatic carbocycles. The zero-order chi connectivity index (χ0) is 13.5. The molecule has 1 N–H and O–H groups in total. The Bertz CT molecular complexity index is 275. The number of hydrogen-bond acceptors (Lipinski definition) is 4. The molecule has 19 heavy (non-hydrogen) atoms. The summed E-state index contributed by atoms with van der Waals surface area (Å²) in [7, 11) is 0. The molecule has 2 unspecified atom stereocenters. The SMILES string of the molecule is CCC1CCCC(OC(=O)CN2CCCNCC2)C1. The minimum atomic E-state index is -0.0244. The largest absolute Gasteiger partial charge is 0.461 e. The van der Waals surface area contributed by atoms with Gasteiger partial charge in [-0.3, -0.25) is 9.69 Å². The van der Waals surface area contributed by atoms with Gasteiger partial charge in [0.1, 0.15) is 6.10 Å². The normalized spacial score (nSPS) is 29.7. The van der Waals surface area contributed by atoms with Crippen LogP contribution >= 0.6 is 0 Å². The Hall–Kier alpha value is -0.610. The van der Waals surface area contributed by atoms with Crippen molar-refractivity contribution >= 4 is 5.97 Å². The van der Waals surface area contributed by atoms with E-state index in [9.17, 15) is 4.79 Å². The molecule has 110 valence electrons. The lowest BCUT2D eigenvalue weighted by molar-refractivity contribution is -0.152. The maximum Gasteiger partial charge on any atom is 0.320 e. The molecule has 0 bridgehead atoms. The summed E-state index contributed by atoms with van der Waals surface area (Å²) in [5.74, 6) is 0.734. The number of nitrogens with one attached hydrogen (secondary N) is 1. The molecule has 0 amide bonds. The summed E-state index contributed by atoms with van der Waals surface area (Å²) in [5, 5.41) is 3.35. The van der Waals surface area contributed by atoms with Gasteiger partial charge in [0.15, 0.2) is 0 Å². The molecule has 1 aliphatic carbocycles. The molecule has 4 heteroatoms. The Labute approximate surface area is 116 Å². The standard InChI is InChI=1S/C15H28N2O2/c1-2-13-5-3-6-14(11-13)19-15(18)12-17-9-4-7-16-8-10-17/h13-14,16H,2-12H2,1H3. The van der Waals surface area contributed by atoms with E-state index in [4.69, 9.17) is 4.74 Å². The first-order valence-corrected chi connectivity index (χ1v) is 7.90. The van der Waals surface area contributed by atoms with Gasteiger partial charge >= 0.3 is 5.97 Å². The average Bonchev–Trinajstić information content (AvgIpc) is 2.67. The minimum absolute atomic E-state index is 0.0244. The van der Waals surface area contributed by atoms with Crippen molar-refractivity contribution in [3.63, 3.8) is 0 Å². The summed E-state index contributed by atoms with van der Waals surface area (Å²) >= 11 is 0. The molecule has 0 spiro atoms. The summed E-state index contributed by atoms with van der Waals surface area (Å²) < 4.78 is 5.67. The van der Waals surface area contributed by atoms with Crippen LogP contribution < -0.4 is 5.32 Å². The number of carbonyl (C=O) groups is 1. The molecule has 0 aromatic rings. The van der Waals surface area contributed by atoms with Crippen molar-refractivity contribution in [3.8, 4) is 0 Å². The van der Waals surface area contributed by atoms with Crippen LogP contribution in [-0.4, -0.2) is 49.7 Å². The topological polar surface area (TPSA) is 41.6 Å². The van der Waals surface area contributed by atoms with Crippen molar-refractivity contribution in [1.29, 1.82) is 0 Å². The van der Waals surface area contributed by atoms with E-state index in [2.05, 4.69) is 17.1 Å². The molecule has 0 radical (unpaired) electrons. The fraction of sp³-hybridized carbons (Fsp3) is 0.933. The van der Waals surface area contributed by atoms with Gasteiger partial charge in [-0.25, -0.2) is 0 Å². The maximum atomic E-state index is 12.0. The summed E-state index contributed by atoms with van der Waals surface area (Å²) in [6.07, 6.45) is 7.16. The minimum Gasteiger partial charge on any atom is -0.461 e. The third-order valence-corrected chi connectivity index (χ3v) is 4.40. The van der Waals surface area contributed by atoms with Crippen LogP contribution in [0.2, 0.25) is 0 Å². The molecule has 2 aliphatic rings. The van der Waals surface area contributed by atoms with Crippen LogP contribution in [0.3, 0.4) is 0 Å². The first kappa shape index (κ1) is 14.8. The van der Waals surface area contributed by atoms with E-state index in [1.807, 2.05) is 0 Å². The quantitative estimate of drug-likeness (QED) is 0.789. The van der Waals surface area contributed by atoms with Crippen LogP contribution in [0.15, 0.2) is 0 Å². The molecule has 2 atom stereocenters. The predicted octanol–water partition coefficient (Wildman–Crippen LogP) is 1.79. The Morgan fingerprint density at radius 1 is 1.26 bits per heavy atom. The average molecular weight is 268 g/mol. The first-order chi connectivity index (χ1) is 9.28. The summed E-state index contributed by atoms with van der Waals surface area (Å²) in [6, 6.07) is 0. The lowest BCUT2D eigenvalue weighted by Crippen LogP contribution is -2.36. The summed E-state index contributed by atoms with van der Waals surface area (Å²) in [5.41, 5.74) is 0. The Kier molecular flexibility index (Phi) is 6.11. The smallest absolute Gasteiger partial charge is 0.320 e. The van der Waals surface area contributed by atoms with E-state index in [0.29, 0.717) is 6.54 Å². The van der Waals surface area contributed by atoms with E-state index in [1.54, 1.807) is 0 Å². The van der Waals surface area contributed by atoms with Crippen LogP contribution in [-0.2, 0) is 9.53 Å². The van der Waals surface area contributed by atoms with Gasteiger partial charge in [-0.1, -0.05) is 19.8 Å². The summed E-state index contributed by atoms with van der Waals surface area (Å²) in [6.45, 7) is 6.71. The van der Waals surface area contributed by atoms with Gasteiger partial charge in [0.2, 0.25) is 0 Å². The highest BCUT2D eigenvalue weighted by Gasteiger charge is 2.24. The van der Waals surface area contributed by atoms with Crippen LogP contribution in [0.1, 0.15) is 45.4 Å². The maximum absolute atomic E-state index is 12.0. The fourth-order valence-electron chi connectivity index (χ4n) is 3.18. The van der Waals surface area contributed by atoms with Crippen LogP contribution in [0.5, 0.6) is 0 Å². The monoisotopic (exact) mass is 268 g/mol. The van der Waals surface area contributed by atoms with E-state index in [0.717, 1.165) is 51.4 Å². The van der Waals surface area contributed by atoms with E-state index in [1.165, 1.54) is 19.3 Å². The highest BCUT2D eigenvalue weighted by atomic mass is 16.5. The van der Waals surface area contributed by atoms with Crippen LogP contribution in [0.4, 0.5) is 0 Å². The van der Waals surface area contributed by atoms with Gasteiger partial charge < -0.3 is 10.1 Å². The predicted molar refractivity (Wildman–Crippen MR) is 76.1 cm³/mol. The number of ether oxygens (including phenoxy) is 1. The molecule has 1 saturated heterocycles. The van der Waals surface area contributed by atoms with Gasteiger partial charge in [-0.2, -0.15) is 0 Å². The third kappa shape index (κ3) is 5.11. The van der Waals surface area contributed by atoms with Crippen LogP contribution in [0, 0.1) is 5.92 Å². The molecule has 2 rings (SSSR count). The second-order valence-electron chi connectivity index (χ2n) is 5.93. The molecular weight excluding hydrogens is 240 g/mol. The molecular formula is C15H28N2O2. The fourth-order valence-corrected chi connectivity index (χ4v) is 3.18. The van der Waals surface area contributed by atoms with Crippen molar-refractivity contribution in [3.05, 3.63) is 0 Å². The van der Waals surface area contributed by atoms with Gasteiger partial charge in [-0.05, 0) is 44.7 Å². The van der Waals surface area contributed by atoms with Gasteiger partial charge in [0.05, 0.1) is 6.54 Å². The molecule has 1 aliphatic heterocycles. The van der Waals surface area contributed by atoms with E-state index in [-0.39, 0.29) is 12.1 Å². The number of hydrogen-bond donors (Lipinski definition) is 1.